The molecular weight excluding hydrogens is 280 g/mol. The molecule has 4 nitrogen and oxygen atoms in total. The van der Waals surface area contributed by atoms with Gasteiger partial charge in [-0.05, 0) is 18.8 Å². The first-order valence-electron chi connectivity index (χ1n) is 8.99. The highest BCUT2D eigenvalue weighted by molar-refractivity contribution is 5.66. The van der Waals surface area contributed by atoms with Gasteiger partial charge in [-0.2, -0.15) is 0 Å². The topological polar surface area (TPSA) is 74.6 Å². The van der Waals surface area contributed by atoms with Crippen molar-refractivity contribution in [2.45, 2.75) is 96.8 Å². The Balaban J connectivity index is 3.39. The molecule has 0 heterocycles. The van der Waals surface area contributed by atoms with Crippen LogP contribution in [-0.4, -0.2) is 22.2 Å². The summed E-state index contributed by atoms with van der Waals surface area (Å²) in [5.41, 5.74) is 0. The van der Waals surface area contributed by atoms with Crippen LogP contribution in [0.1, 0.15) is 96.8 Å². The van der Waals surface area contributed by atoms with Gasteiger partial charge in [-0.1, -0.05) is 71.1 Å². The Bertz CT molecular complexity index is 289. The molecule has 0 rings (SSSR count). The van der Waals surface area contributed by atoms with Crippen molar-refractivity contribution >= 4 is 11.9 Å². The van der Waals surface area contributed by atoms with E-state index in [1.807, 2.05) is 0 Å². The average Bonchev–Trinajstić information content (AvgIpc) is 2.46. The van der Waals surface area contributed by atoms with Crippen LogP contribution < -0.4 is 0 Å². The second-order valence-corrected chi connectivity index (χ2v) is 6.32. The predicted molar refractivity (Wildman–Crippen MR) is 89.1 cm³/mol. The highest BCUT2D eigenvalue weighted by Gasteiger charge is 2.06. The maximum Gasteiger partial charge on any atom is 0.303 e. The summed E-state index contributed by atoms with van der Waals surface area (Å²) in [6.45, 7) is 2.25. The third-order valence-electron chi connectivity index (χ3n) is 4.33. The monoisotopic (exact) mass is 314 g/mol. The molecule has 0 spiro atoms. The fraction of sp³-hybridized carbons (Fsp3) is 0.889. The van der Waals surface area contributed by atoms with E-state index in [1.54, 1.807) is 0 Å². The number of hydrogen-bond donors (Lipinski definition) is 2. The molecule has 0 bridgehead atoms. The van der Waals surface area contributed by atoms with E-state index in [0.29, 0.717) is 12.8 Å². The van der Waals surface area contributed by atoms with Gasteiger partial charge in [0.05, 0.1) is 0 Å². The van der Waals surface area contributed by atoms with Crippen LogP contribution in [0.5, 0.6) is 0 Å². The van der Waals surface area contributed by atoms with Crippen molar-refractivity contribution in [3.05, 3.63) is 0 Å². The predicted octanol–water partition coefficient (Wildman–Crippen LogP) is 5.25. The summed E-state index contributed by atoms with van der Waals surface area (Å²) in [4.78, 5) is 20.8. The van der Waals surface area contributed by atoms with E-state index in [2.05, 4.69) is 6.92 Å². The number of unbranched alkanes of at least 4 members (excludes halogenated alkanes) is 7. The maximum absolute atomic E-state index is 10.4. The van der Waals surface area contributed by atoms with Crippen LogP contribution in [0.2, 0.25) is 0 Å². The van der Waals surface area contributed by atoms with Crippen LogP contribution in [0, 0.1) is 5.92 Å². The van der Waals surface area contributed by atoms with Crippen LogP contribution in [0.25, 0.3) is 0 Å². The molecule has 0 fully saturated rings. The van der Waals surface area contributed by atoms with Crippen molar-refractivity contribution in [2.24, 2.45) is 5.92 Å². The van der Waals surface area contributed by atoms with Gasteiger partial charge in [0.15, 0.2) is 0 Å². The number of carbonyl (C=O) groups is 2. The highest BCUT2D eigenvalue weighted by Crippen LogP contribution is 2.21. The normalized spacial score (nSPS) is 12.2. The van der Waals surface area contributed by atoms with Gasteiger partial charge in [0.25, 0.3) is 0 Å². The third kappa shape index (κ3) is 15.3. The molecule has 0 aliphatic rings. The lowest BCUT2D eigenvalue weighted by atomic mass is 9.92. The minimum atomic E-state index is -0.686. The maximum atomic E-state index is 10.4. The summed E-state index contributed by atoms with van der Waals surface area (Å²) < 4.78 is 0. The zero-order chi connectivity index (χ0) is 16.6. The van der Waals surface area contributed by atoms with E-state index in [-0.39, 0.29) is 0 Å². The summed E-state index contributed by atoms with van der Waals surface area (Å²) in [6, 6.07) is 0. The Morgan fingerprint density at radius 3 is 1.41 bits per heavy atom. The van der Waals surface area contributed by atoms with Crippen LogP contribution in [0.3, 0.4) is 0 Å². The summed E-state index contributed by atoms with van der Waals surface area (Å²) >= 11 is 0. The minimum absolute atomic E-state index is 0.305. The van der Waals surface area contributed by atoms with Gasteiger partial charge in [0.1, 0.15) is 0 Å². The molecule has 0 aliphatic heterocycles. The summed E-state index contributed by atoms with van der Waals surface area (Å²) in [6.07, 6.45) is 14.1. The molecule has 130 valence electrons. The molecule has 0 saturated carbocycles. The Kier molecular flexibility index (Phi) is 14.1. The lowest BCUT2D eigenvalue weighted by Gasteiger charge is -2.14. The SMILES string of the molecule is CCC(CCCCCCCC(=O)O)CCCCCCC(=O)O. The Morgan fingerprint density at radius 2 is 1.05 bits per heavy atom. The fourth-order valence-electron chi connectivity index (χ4n) is 2.85. The molecule has 0 saturated heterocycles. The summed E-state index contributed by atoms with van der Waals surface area (Å²) in [5.74, 6) is -0.567. The molecule has 0 aromatic heterocycles. The van der Waals surface area contributed by atoms with Crippen molar-refractivity contribution < 1.29 is 19.8 Å². The number of hydrogen-bond acceptors (Lipinski definition) is 2. The highest BCUT2D eigenvalue weighted by atomic mass is 16.4. The quantitative estimate of drug-likeness (QED) is 0.381. The van der Waals surface area contributed by atoms with Gasteiger partial charge in [-0.3, -0.25) is 9.59 Å². The van der Waals surface area contributed by atoms with Crippen molar-refractivity contribution in [1.29, 1.82) is 0 Å². The van der Waals surface area contributed by atoms with Gasteiger partial charge >= 0.3 is 11.9 Å². The Morgan fingerprint density at radius 1 is 0.682 bits per heavy atom. The van der Waals surface area contributed by atoms with Crippen LogP contribution in [-0.2, 0) is 9.59 Å². The van der Waals surface area contributed by atoms with Gasteiger partial charge in [0, 0.05) is 12.8 Å². The molecule has 1 unspecified atom stereocenters. The molecule has 2 N–H and O–H groups in total. The van der Waals surface area contributed by atoms with Gasteiger partial charge < -0.3 is 10.2 Å². The van der Waals surface area contributed by atoms with Crippen LogP contribution in [0.4, 0.5) is 0 Å². The molecule has 4 heteroatoms. The van der Waals surface area contributed by atoms with Gasteiger partial charge in [-0.15, -0.1) is 0 Å². The van der Waals surface area contributed by atoms with Crippen molar-refractivity contribution in [3.8, 4) is 0 Å². The number of carboxylic acid groups (broad SMARTS) is 2. The van der Waals surface area contributed by atoms with E-state index in [0.717, 1.165) is 44.4 Å². The van der Waals surface area contributed by atoms with Crippen molar-refractivity contribution in [2.75, 3.05) is 0 Å². The Hall–Kier alpha value is -1.06. The molecular formula is C18H34O4. The smallest absolute Gasteiger partial charge is 0.303 e. The fourth-order valence-corrected chi connectivity index (χ4v) is 2.85. The van der Waals surface area contributed by atoms with Crippen molar-refractivity contribution in [3.63, 3.8) is 0 Å². The van der Waals surface area contributed by atoms with Crippen LogP contribution in [0.15, 0.2) is 0 Å². The second-order valence-electron chi connectivity index (χ2n) is 6.32. The van der Waals surface area contributed by atoms with E-state index in [1.165, 1.54) is 38.5 Å². The first-order chi connectivity index (χ1) is 10.6. The third-order valence-corrected chi connectivity index (χ3v) is 4.33. The lowest BCUT2D eigenvalue weighted by molar-refractivity contribution is -0.138. The first kappa shape index (κ1) is 20.9. The molecule has 0 radical (unpaired) electrons. The molecule has 0 aromatic rings. The van der Waals surface area contributed by atoms with E-state index in [9.17, 15) is 9.59 Å². The number of carboxylic acids is 2. The first-order valence-corrected chi connectivity index (χ1v) is 8.99. The average molecular weight is 314 g/mol. The van der Waals surface area contributed by atoms with Crippen molar-refractivity contribution in [1.82, 2.24) is 0 Å². The minimum Gasteiger partial charge on any atom is -0.481 e. The van der Waals surface area contributed by atoms with Gasteiger partial charge in [-0.25, -0.2) is 0 Å². The lowest BCUT2D eigenvalue weighted by Crippen LogP contribution is -2.00. The second kappa shape index (κ2) is 14.9. The standard InChI is InChI=1S/C18H34O4/c1-2-16(13-9-6-7-11-15-18(21)22)12-8-4-3-5-10-14-17(19)20/h16H,2-15H2,1H3,(H,19,20)(H,21,22). The molecule has 1 atom stereocenters. The van der Waals surface area contributed by atoms with E-state index >= 15 is 0 Å². The molecule has 0 amide bonds. The van der Waals surface area contributed by atoms with E-state index in [4.69, 9.17) is 10.2 Å². The van der Waals surface area contributed by atoms with E-state index < -0.39 is 11.9 Å². The van der Waals surface area contributed by atoms with Crippen LogP contribution >= 0.6 is 0 Å². The number of aliphatic carboxylic acids is 2. The molecule has 0 aromatic carbocycles. The Labute approximate surface area is 135 Å². The largest absolute Gasteiger partial charge is 0.481 e. The zero-order valence-electron chi connectivity index (χ0n) is 14.2. The summed E-state index contributed by atoms with van der Waals surface area (Å²) in [5, 5.41) is 17.1. The molecule has 22 heavy (non-hydrogen) atoms. The van der Waals surface area contributed by atoms with Gasteiger partial charge in [0.2, 0.25) is 0 Å². The summed E-state index contributed by atoms with van der Waals surface area (Å²) in [7, 11) is 0. The molecule has 0 aliphatic carbocycles. The zero-order valence-corrected chi connectivity index (χ0v) is 14.2. The number of rotatable bonds is 16.